The fraction of sp³-hybridized carbons (Fsp3) is 0.758. The fourth-order valence-electron chi connectivity index (χ4n) is 5.83. The maximum atomic E-state index is 13.0. The Bertz CT molecular complexity index is 825. The molecule has 1 aliphatic rings. The zero-order valence-corrected chi connectivity index (χ0v) is 26.5. The van der Waals surface area contributed by atoms with Crippen LogP contribution in [0.5, 0.6) is 0 Å². The smallest absolute Gasteiger partial charge is 0.407 e. The molecular weight excluding hydrogens is 538 g/mol. The van der Waals surface area contributed by atoms with Gasteiger partial charge in [0.05, 0.1) is 12.6 Å². The second-order valence-electron chi connectivity index (χ2n) is 11.6. The van der Waals surface area contributed by atoms with E-state index in [1.165, 1.54) is 94.8 Å². The molecule has 1 saturated heterocycles. The number of amides is 2. The van der Waals surface area contributed by atoms with Gasteiger partial charge in [0.2, 0.25) is 0 Å². The Balaban J connectivity index is 0.00000840. The number of rotatable bonds is 22. The normalized spacial score (nSPS) is 15.5. The predicted molar refractivity (Wildman–Crippen MR) is 171 cm³/mol. The van der Waals surface area contributed by atoms with E-state index >= 15 is 0 Å². The molecule has 236 valence electrons. The molecule has 1 atom stereocenters. The summed E-state index contributed by atoms with van der Waals surface area (Å²) in [5.41, 5.74) is 1.50. The van der Waals surface area contributed by atoms with Gasteiger partial charge in [-0.25, -0.2) is 4.79 Å². The van der Waals surface area contributed by atoms with Crippen molar-refractivity contribution in [3.05, 3.63) is 35.4 Å². The molecule has 0 spiro atoms. The molecule has 0 aromatic heterocycles. The number of halogens is 1. The zero-order valence-electron chi connectivity index (χ0n) is 25.7. The van der Waals surface area contributed by atoms with Crippen molar-refractivity contribution in [3.63, 3.8) is 0 Å². The minimum absolute atomic E-state index is 0. The molecule has 1 aromatic carbocycles. The van der Waals surface area contributed by atoms with Gasteiger partial charge in [0.1, 0.15) is 0 Å². The molecule has 2 amide bonds. The second-order valence-corrected chi connectivity index (χ2v) is 11.6. The maximum Gasteiger partial charge on any atom is 0.407 e. The highest BCUT2D eigenvalue weighted by molar-refractivity contribution is 5.95. The molecule has 1 fully saturated rings. The van der Waals surface area contributed by atoms with Gasteiger partial charge in [-0.15, -0.1) is 12.4 Å². The van der Waals surface area contributed by atoms with Gasteiger partial charge in [-0.1, -0.05) is 121 Å². The Labute approximate surface area is 255 Å². The third-order valence-electron chi connectivity index (χ3n) is 8.26. The highest BCUT2D eigenvalue weighted by Gasteiger charge is 2.31. The molecule has 1 aliphatic heterocycles. The van der Waals surface area contributed by atoms with Gasteiger partial charge in [0.15, 0.2) is 0 Å². The lowest BCUT2D eigenvalue weighted by atomic mass is 9.97. The lowest BCUT2D eigenvalue weighted by molar-refractivity contribution is 0.0600. The first kappa shape index (κ1) is 37.2. The molecule has 7 nitrogen and oxygen atoms in total. The monoisotopic (exact) mass is 595 g/mol. The highest BCUT2D eigenvalue weighted by atomic mass is 35.5. The Morgan fingerprint density at radius 3 is 1.90 bits per heavy atom. The molecule has 0 bridgehead atoms. The van der Waals surface area contributed by atoms with Crippen molar-refractivity contribution in [2.24, 2.45) is 0 Å². The van der Waals surface area contributed by atoms with Crippen LogP contribution in [-0.4, -0.2) is 77.4 Å². The first-order valence-corrected chi connectivity index (χ1v) is 16.3. The van der Waals surface area contributed by atoms with Gasteiger partial charge in [-0.05, 0) is 24.5 Å². The van der Waals surface area contributed by atoms with E-state index < -0.39 is 6.09 Å². The number of carbonyl (C=O) groups is 2. The summed E-state index contributed by atoms with van der Waals surface area (Å²) in [6.45, 7) is 5.11. The Kier molecular flexibility index (Phi) is 21.5. The Morgan fingerprint density at radius 2 is 1.37 bits per heavy atom. The quantitative estimate of drug-likeness (QED) is 0.122. The average molecular weight is 596 g/mol. The van der Waals surface area contributed by atoms with E-state index in [9.17, 15) is 19.8 Å². The summed E-state index contributed by atoms with van der Waals surface area (Å²) in [6.07, 6.45) is 20.8. The number of nitrogens with zero attached hydrogens (tertiary/aromatic N) is 2. The van der Waals surface area contributed by atoms with E-state index in [0.717, 1.165) is 18.4 Å². The Morgan fingerprint density at radius 1 is 0.829 bits per heavy atom. The van der Waals surface area contributed by atoms with E-state index in [1.54, 1.807) is 0 Å². The summed E-state index contributed by atoms with van der Waals surface area (Å²) < 4.78 is 0. The summed E-state index contributed by atoms with van der Waals surface area (Å²) >= 11 is 0. The number of nitrogens with one attached hydrogen (secondary N) is 1. The zero-order chi connectivity index (χ0) is 28.8. The summed E-state index contributed by atoms with van der Waals surface area (Å²) in [7, 11) is 0. The van der Waals surface area contributed by atoms with Crippen molar-refractivity contribution < 1.29 is 19.8 Å². The molecule has 1 aromatic rings. The average Bonchev–Trinajstić information content (AvgIpc) is 2.95. The number of hydrogen-bond acceptors (Lipinski definition) is 4. The van der Waals surface area contributed by atoms with Crippen molar-refractivity contribution in [1.29, 1.82) is 0 Å². The first-order chi connectivity index (χ1) is 19.6. The van der Waals surface area contributed by atoms with Crippen LogP contribution in [0, 0.1) is 0 Å². The number of aliphatic hydroxyl groups excluding tert-OH is 1. The molecule has 0 aliphatic carbocycles. The van der Waals surface area contributed by atoms with E-state index in [2.05, 4.69) is 17.1 Å². The van der Waals surface area contributed by atoms with Gasteiger partial charge >= 0.3 is 6.09 Å². The Hall–Kier alpha value is -1.83. The lowest BCUT2D eigenvalue weighted by Crippen LogP contribution is -2.56. The molecule has 1 unspecified atom stereocenters. The molecule has 41 heavy (non-hydrogen) atoms. The number of aliphatic hydroxyl groups is 1. The van der Waals surface area contributed by atoms with Crippen LogP contribution < -0.4 is 5.32 Å². The van der Waals surface area contributed by atoms with Gasteiger partial charge < -0.3 is 20.4 Å². The van der Waals surface area contributed by atoms with Crippen molar-refractivity contribution in [1.82, 2.24) is 15.1 Å². The van der Waals surface area contributed by atoms with E-state index in [-0.39, 0.29) is 31.0 Å². The minimum atomic E-state index is -0.931. The third-order valence-corrected chi connectivity index (χ3v) is 8.26. The largest absolute Gasteiger partial charge is 0.465 e. The third kappa shape index (κ3) is 15.8. The second kappa shape index (κ2) is 23.7. The molecule has 2 rings (SSSR count). The summed E-state index contributed by atoms with van der Waals surface area (Å²) in [5.74, 6) is -0.0820. The first-order valence-electron chi connectivity index (χ1n) is 16.3. The summed E-state index contributed by atoms with van der Waals surface area (Å²) in [4.78, 5) is 28.3. The molecule has 3 N–H and O–H groups in total. The van der Waals surface area contributed by atoms with Crippen molar-refractivity contribution in [2.75, 3.05) is 39.3 Å². The van der Waals surface area contributed by atoms with Crippen LogP contribution in [-0.2, 0) is 6.42 Å². The number of hydrogen-bond donors (Lipinski definition) is 3. The van der Waals surface area contributed by atoms with E-state index in [0.29, 0.717) is 44.7 Å². The van der Waals surface area contributed by atoms with Crippen LogP contribution >= 0.6 is 12.4 Å². The van der Waals surface area contributed by atoms with Crippen molar-refractivity contribution in [3.8, 4) is 0 Å². The number of benzene rings is 1. The fourth-order valence-corrected chi connectivity index (χ4v) is 5.83. The maximum absolute atomic E-state index is 13.0. The van der Waals surface area contributed by atoms with E-state index in [4.69, 9.17) is 0 Å². The van der Waals surface area contributed by atoms with Gasteiger partial charge in [-0.2, -0.15) is 0 Å². The number of piperazine rings is 1. The topological polar surface area (TPSA) is 93.1 Å². The van der Waals surface area contributed by atoms with Crippen LogP contribution in [0.3, 0.4) is 0 Å². The highest BCUT2D eigenvalue weighted by Crippen LogP contribution is 2.19. The van der Waals surface area contributed by atoms with Crippen LogP contribution in [0.4, 0.5) is 4.79 Å². The number of carbonyl (C=O) groups excluding carboxylic acids is 1. The van der Waals surface area contributed by atoms with Crippen LogP contribution in [0.25, 0.3) is 0 Å². The molecule has 0 saturated carbocycles. The van der Waals surface area contributed by atoms with Crippen LogP contribution in [0.1, 0.15) is 126 Å². The molecular formula is C33H58ClN3O4. The van der Waals surface area contributed by atoms with Gasteiger partial charge in [0, 0.05) is 38.3 Å². The van der Waals surface area contributed by atoms with E-state index in [1.807, 2.05) is 24.3 Å². The lowest BCUT2D eigenvalue weighted by Gasteiger charge is -2.40. The number of unbranched alkanes of at least 4 members (excludes halogenated alkanes) is 15. The predicted octanol–water partition coefficient (Wildman–Crippen LogP) is 7.30. The molecule has 8 heteroatoms. The van der Waals surface area contributed by atoms with Gasteiger partial charge in [-0.3, -0.25) is 9.69 Å². The standard InChI is InChI=1S/C33H57N3O4.ClH/c1-2-3-4-5-6-7-8-9-10-11-12-13-14-15-16-19-22-34-32(38)31-21-18-17-20-29(31)27-30-28-35(25-26-37)23-24-36(30)33(39)40;/h17-18,20-21,30,37H,2-16,19,22-28H2,1H3,(H,34,38)(H,39,40);1H. The van der Waals surface area contributed by atoms with Crippen molar-refractivity contribution in [2.45, 2.75) is 122 Å². The SMILES string of the molecule is CCCCCCCCCCCCCCCCCCNC(=O)c1ccccc1CC1CN(CCO)CCN1C(=O)O.Cl. The van der Waals surface area contributed by atoms with Crippen molar-refractivity contribution >= 4 is 24.4 Å². The van der Waals surface area contributed by atoms with Gasteiger partial charge in [0.25, 0.3) is 5.91 Å². The molecule has 0 radical (unpaired) electrons. The number of β-amino-alcohol motifs (C(OH)–C–C–N with tert-alkyl or cyclic N) is 1. The minimum Gasteiger partial charge on any atom is -0.465 e. The number of carboxylic acid groups (broad SMARTS) is 1. The summed E-state index contributed by atoms with van der Waals surface area (Å²) in [6, 6.07) is 7.28. The van der Waals surface area contributed by atoms with Crippen LogP contribution in [0.2, 0.25) is 0 Å². The van der Waals surface area contributed by atoms with Crippen LogP contribution in [0.15, 0.2) is 24.3 Å². The summed E-state index contributed by atoms with van der Waals surface area (Å²) in [5, 5.41) is 22.1. The molecule has 1 heterocycles.